The van der Waals surface area contributed by atoms with Crippen molar-refractivity contribution in [2.75, 3.05) is 4.72 Å². The van der Waals surface area contributed by atoms with E-state index in [1.807, 2.05) is 0 Å². The summed E-state index contributed by atoms with van der Waals surface area (Å²) in [7, 11) is -3.75. The maximum absolute atomic E-state index is 11.9. The molecule has 0 radical (unpaired) electrons. The van der Waals surface area contributed by atoms with E-state index in [-0.39, 0.29) is 15.9 Å². The van der Waals surface area contributed by atoms with E-state index in [0.29, 0.717) is 0 Å². The maximum atomic E-state index is 11.9. The Hall–Kier alpha value is -1.66. The first-order valence-corrected chi connectivity index (χ1v) is 6.50. The van der Waals surface area contributed by atoms with Gasteiger partial charge in [0.25, 0.3) is 10.0 Å². The van der Waals surface area contributed by atoms with Gasteiger partial charge in [-0.15, -0.1) is 0 Å². The zero-order valence-corrected chi connectivity index (χ0v) is 10.1. The first-order valence-electron chi connectivity index (χ1n) is 4.64. The molecule has 0 atom stereocenters. The average molecular weight is 270 g/mol. The van der Waals surface area contributed by atoms with Crippen LogP contribution in [0.3, 0.4) is 0 Å². The molecule has 0 fully saturated rings. The van der Waals surface area contributed by atoms with Gasteiger partial charge < -0.3 is 0 Å². The fourth-order valence-corrected chi connectivity index (χ4v) is 2.67. The second-order valence-corrected chi connectivity index (χ2v) is 5.17. The zero-order valence-electron chi connectivity index (χ0n) is 8.54. The molecule has 0 aliphatic heterocycles. The SMILES string of the molecule is O=S(=O)(Nc1ncccn1)c1ccccc1Cl. The highest BCUT2D eigenvalue weighted by molar-refractivity contribution is 7.92. The zero-order chi connectivity index (χ0) is 12.3. The monoisotopic (exact) mass is 269 g/mol. The molecular weight excluding hydrogens is 262 g/mol. The van der Waals surface area contributed by atoms with Crippen LogP contribution in [0.5, 0.6) is 0 Å². The molecule has 1 aromatic heterocycles. The highest BCUT2D eigenvalue weighted by Gasteiger charge is 2.18. The van der Waals surface area contributed by atoms with Gasteiger partial charge in [0, 0.05) is 12.4 Å². The average Bonchev–Trinajstić information content (AvgIpc) is 2.30. The van der Waals surface area contributed by atoms with E-state index in [1.165, 1.54) is 24.5 Å². The van der Waals surface area contributed by atoms with Gasteiger partial charge in [-0.1, -0.05) is 23.7 Å². The Kier molecular flexibility index (Phi) is 3.26. The summed E-state index contributed by atoms with van der Waals surface area (Å²) in [4.78, 5) is 7.54. The van der Waals surface area contributed by atoms with E-state index in [9.17, 15) is 8.42 Å². The third kappa shape index (κ3) is 2.72. The van der Waals surface area contributed by atoms with Gasteiger partial charge in [0.1, 0.15) is 4.90 Å². The summed E-state index contributed by atoms with van der Waals surface area (Å²) in [6.45, 7) is 0. The first-order chi connectivity index (χ1) is 8.09. The van der Waals surface area contributed by atoms with Gasteiger partial charge >= 0.3 is 0 Å². The molecule has 0 aliphatic carbocycles. The van der Waals surface area contributed by atoms with E-state index in [2.05, 4.69) is 14.7 Å². The van der Waals surface area contributed by atoms with Crippen molar-refractivity contribution in [1.82, 2.24) is 9.97 Å². The Morgan fingerprint density at radius 1 is 1.06 bits per heavy atom. The lowest BCUT2D eigenvalue weighted by molar-refractivity contribution is 0.601. The van der Waals surface area contributed by atoms with Crippen molar-refractivity contribution >= 4 is 27.6 Å². The van der Waals surface area contributed by atoms with Crippen molar-refractivity contribution in [2.45, 2.75) is 4.90 Å². The minimum absolute atomic E-state index is 0.00544. The first kappa shape index (κ1) is 11.8. The largest absolute Gasteiger partial charge is 0.265 e. The predicted molar refractivity (Wildman–Crippen MR) is 64.3 cm³/mol. The van der Waals surface area contributed by atoms with Crippen LogP contribution in [0.15, 0.2) is 47.6 Å². The van der Waals surface area contributed by atoms with Gasteiger partial charge in [-0.2, -0.15) is 0 Å². The summed E-state index contributed by atoms with van der Waals surface area (Å²) in [5.41, 5.74) is 0. The van der Waals surface area contributed by atoms with Crippen LogP contribution in [0.2, 0.25) is 5.02 Å². The summed E-state index contributed by atoms with van der Waals surface area (Å²) in [5, 5.41) is 0.149. The number of benzene rings is 1. The van der Waals surface area contributed by atoms with Gasteiger partial charge in [0.2, 0.25) is 5.95 Å². The van der Waals surface area contributed by atoms with Crippen LogP contribution in [0.4, 0.5) is 5.95 Å². The molecule has 1 N–H and O–H groups in total. The third-order valence-electron chi connectivity index (χ3n) is 1.92. The number of nitrogens with zero attached hydrogens (tertiary/aromatic N) is 2. The van der Waals surface area contributed by atoms with Crippen LogP contribution in [-0.2, 0) is 10.0 Å². The minimum atomic E-state index is -3.75. The minimum Gasteiger partial charge on any atom is -0.247 e. The summed E-state index contributed by atoms with van der Waals surface area (Å²) in [5.74, 6) is 0.00687. The highest BCUT2D eigenvalue weighted by Crippen LogP contribution is 2.21. The van der Waals surface area contributed by atoms with E-state index in [4.69, 9.17) is 11.6 Å². The van der Waals surface area contributed by atoms with Gasteiger partial charge in [0.05, 0.1) is 5.02 Å². The number of halogens is 1. The second-order valence-electron chi connectivity index (χ2n) is 3.11. The Labute approximate surface area is 104 Å². The van der Waals surface area contributed by atoms with Crippen molar-refractivity contribution in [3.05, 3.63) is 47.7 Å². The molecule has 0 spiro atoms. The molecule has 2 rings (SSSR count). The molecule has 7 heteroatoms. The lowest BCUT2D eigenvalue weighted by Gasteiger charge is -2.07. The van der Waals surface area contributed by atoms with E-state index in [0.717, 1.165) is 0 Å². The molecule has 1 aromatic carbocycles. The highest BCUT2D eigenvalue weighted by atomic mass is 35.5. The predicted octanol–water partition coefficient (Wildman–Crippen LogP) is 1.93. The van der Waals surface area contributed by atoms with Crippen LogP contribution in [0, 0.1) is 0 Å². The molecule has 0 saturated carbocycles. The van der Waals surface area contributed by atoms with Crippen molar-refractivity contribution in [1.29, 1.82) is 0 Å². The topological polar surface area (TPSA) is 72.0 Å². The fraction of sp³-hybridized carbons (Fsp3) is 0. The van der Waals surface area contributed by atoms with Crippen LogP contribution in [0.25, 0.3) is 0 Å². The molecule has 0 unspecified atom stereocenters. The molecule has 17 heavy (non-hydrogen) atoms. The summed E-state index contributed by atoms with van der Waals surface area (Å²) in [6, 6.07) is 7.75. The number of hydrogen-bond acceptors (Lipinski definition) is 4. The van der Waals surface area contributed by atoms with Gasteiger partial charge in [-0.25, -0.2) is 23.1 Å². The lowest BCUT2D eigenvalue weighted by atomic mass is 10.4. The molecule has 0 bridgehead atoms. The van der Waals surface area contributed by atoms with Gasteiger partial charge in [0.15, 0.2) is 0 Å². The Balaban J connectivity index is 2.36. The molecule has 0 saturated heterocycles. The third-order valence-corrected chi connectivity index (χ3v) is 3.75. The number of hydrogen-bond donors (Lipinski definition) is 1. The van der Waals surface area contributed by atoms with E-state index < -0.39 is 10.0 Å². The summed E-state index contributed by atoms with van der Waals surface area (Å²) >= 11 is 5.82. The number of anilines is 1. The number of sulfonamides is 1. The number of aromatic nitrogens is 2. The molecule has 1 heterocycles. The lowest BCUT2D eigenvalue weighted by Crippen LogP contribution is -2.15. The maximum Gasteiger partial charge on any atom is 0.265 e. The second kappa shape index (κ2) is 4.68. The molecule has 0 amide bonds. The Morgan fingerprint density at radius 3 is 2.35 bits per heavy atom. The molecule has 88 valence electrons. The van der Waals surface area contributed by atoms with Crippen molar-refractivity contribution < 1.29 is 8.42 Å². The summed E-state index contributed by atoms with van der Waals surface area (Å²) < 4.78 is 26.1. The Bertz CT molecular complexity index is 616. The van der Waals surface area contributed by atoms with Crippen LogP contribution in [-0.4, -0.2) is 18.4 Å². The van der Waals surface area contributed by atoms with Crippen LogP contribution < -0.4 is 4.72 Å². The van der Waals surface area contributed by atoms with Gasteiger partial charge in [-0.05, 0) is 18.2 Å². The van der Waals surface area contributed by atoms with Crippen molar-refractivity contribution in [2.24, 2.45) is 0 Å². The quantitative estimate of drug-likeness (QED) is 0.924. The van der Waals surface area contributed by atoms with E-state index >= 15 is 0 Å². The van der Waals surface area contributed by atoms with Gasteiger partial charge in [-0.3, -0.25) is 0 Å². The number of rotatable bonds is 3. The van der Waals surface area contributed by atoms with Crippen molar-refractivity contribution in [3.63, 3.8) is 0 Å². The van der Waals surface area contributed by atoms with E-state index in [1.54, 1.807) is 18.2 Å². The van der Waals surface area contributed by atoms with Crippen LogP contribution in [0.1, 0.15) is 0 Å². The standard InChI is InChI=1S/C10H8ClN3O2S/c11-8-4-1-2-5-9(8)17(15,16)14-10-12-6-3-7-13-10/h1-7H,(H,12,13,14). The summed E-state index contributed by atoms with van der Waals surface area (Å²) in [6.07, 6.45) is 2.88. The Morgan fingerprint density at radius 2 is 1.71 bits per heavy atom. The normalized spacial score (nSPS) is 11.1. The molecule has 0 aliphatic rings. The number of nitrogens with one attached hydrogen (secondary N) is 1. The molecule has 5 nitrogen and oxygen atoms in total. The van der Waals surface area contributed by atoms with Crippen LogP contribution >= 0.6 is 11.6 Å². The fourth-order valence-electron chi connectivity index (χ4n) is 1.19. The molecular formula is C10H8ClN3O2S. The van der Waals surface area contributed by atoms with Crippen molar-refractivity contribution in [3.8, 4) is 0 Å². The molecule has 2 aromatic rings. The smallest absolute Gasteiger partial charge is 0.247 e.